The van der Waals surface area contributed by atoms with Crippen LogP contribution in [0.5, 0.6) is 5.75 Å². The quantitative estimate of drug-likeness (QED) is 0.735. The number of carbonyl (C=O) groups excluding carboxylic acids is 2. The minimum atomic E-state index is -0.220. The first kappa shape index (κ1) is 15.3. The second-order valence-electron chi connectivity index (χ2n) is 5.10. The molecule has 1 aromatic carbocycles. The third-order valence-electron chi connectivity index (χ3n) is 3.40. The van der Waals surface area contributed by atoms with Gasteiger partial charge in [0.2, 0.25) is 0 Å². The monoisotopic (exact) mass is 291 g/mol. The summed E-state index contributed by atoms with van der Waals surface area (Å²) in [7, 11) is 0. The summed E-state index contributed by atoms with van der Waals surface area (Å²) in [6.45, 7) is 2.52. The average Bonchev–Trinajstić information content (AvgIpc) is 2.50. The summed E-state index contributed by atoms with van der Waals surface area (Å²) in [6.07, 6.45) is 2.95. The highest BCUT2D eigenvalue weighted by Crippen LogP contribution is 2.28. The Balaban J connectivity index is 2.05. The molecule has 1 atom stereocenters. The zero-order chi connectivity index (χ0) is 15.2. The molecule has 0 radical (unpaired) electrons. The minimum absolute atomic E-state index is 0.00477. The van der Waals surface area contributed by atoms with E-state index in [0.29, 0.717) is 23.5 Å². The molecule has 1 aliphatic rings. The Labute approximate surface area is 124 Å². The number of hydrogen-bond acceptors (Lipinski definition) is 4. The van der Waals surface area contributed by atoms with Crippen LogP contribution in [0.4, 0.5) is 5.69 Å². The molecule has 0 saturated carbocycles. The lowest BCUT2D eigenvalue weighted by Crippen LogP contribution is -2.40. The number of anilines is 1. The van der Waals surface area contributed by atoms with E-state index in [4.69, 9.17) is 10.5 Å². The fourth-order valence-corrected chi connectivity index (χ4v) is 2.19. The van der Waals surface area contributed by atoms with Gasteiger partial charge in [-0.1, -0.05) is 19.8 Å². The van der Waals surface area contributed by atoms with Gasteiger partial charge in [-0.15, -0.1) is 0 Å². The fourth-order valence-electron chi connectivity index (χ4n) is 2.19. The first-order chi connectivity index (χ1) is 10.1. The van der Waals surface area contributed by atoms with Crippen LogP contribution in [0, 0.1) is 0 Å². The molecule has 1 aliphatic heterocycles. The predicted molar refractivity (Wildman–Crippen MR) is 80.4 cm³/mol. The molecule has 2 rings (SSSR count). The van der Waals surface area contributed by atoms with Gasteiger partial charge in [-0.25, -0.2) is 0 Å². The van der Waals surface area contributed by atoms with E-state index in [9.17, 15) is 9.59 Å². The van der Waals surface area contributed by atoms with Crippen LogP contribution >= 0.6 is 0 Å². The molecule has 1 aromatic rings. The van der Waals surface area contributed by atoms with Gasteiger partial charge in [-0.05, 0) is 24.6 Å². The Bertz CT molecular complexity index is 531. The predicted octanol–water partition coefficient (Wildman–Crippen LogP) is 1.26. The van der Waals surface area contributed by atoms with Crippen molar-refractivity contribution in [3.8, 4) is 5.75 Å². The topological polar surface area (TPSA) is 93.5 Å². The minimum Gasteiger partial charge on any atom is -0.482 e. The van der Waals surface area contributed by atoms with Gasteiger partial charge in [0.1, 0.15) is 5.75 Å². The average molecular weight is 291 g/mol. The maximum absolute atomic E-state index is 12.2. The van der Waals surface area contributed by atoms with Crippen molar-refractivity contribution >= 4 is 17.5 Å². The summed E-state index contributed by atoms with van der Waals surface area (Å²) in [6, 6.07) is 4.96. The highest BCUT2D eigenvalue weighted by atomic mass is 16.5. The molecular weight excluding hydrogens is 270 g/mol. The third-order valence-corrected chi connectivity index (χ3v) is 3.40. The summed E-state index contributed by atoms with van der Waals surface area (Å²) >= 11 is 0. The van der Waals surface area contributed by atoms with E-state index >= 15 is 0 Å². The molecule has 4 N–H and O–H groups in total. The van der Waals surface area contributed by atoms with E-state index in [-0.39, 0.29) is 24.5 Å². The van der Waals surface area contributed by atoms with Gasteiger partial charge in [0.15, 0.2) is 6.61 Å². The Hall–Kier alpha value is -2.08. The van der Waals surface area contributed by atoms with Crippen LogP contribution in [-0.2, 0) is 4.79 Å². The molecule has 0 aliphatic carbocycles. The lowest BCUT2D eigenvalue weighted by Gasteiger charge is -2.20. The number of hydrogen-bond donors (Lipinski definition) is 3. The molecule has 1 heterocycles. The van der Waals surface area contributed by atoms with Crippen molar-refractivity contribution in [2.45, 2.75) is 32.2 Å². The highest BCUT2D eigenvalue weighted by molar-refractivity contribution is 5.99. The molecule has 0 spiro atoms. The maximum Gasteiger partial charge on any atom is 0.262 e. The van der Waals surface area contributed by atoms with Crippen molar-refractivity contribution in [2.75, 3.05) is 18.5 Å². The van der Waals surface area contributed by atoms with Gasteiger partial charge in [0, 0.05) is 18.2 Å². The second kappa shape index (κ2) is 7.08. The number of nitrogens with two attached hydrogens (primary N) is 1. The summed E-state index contributed by atoms with van der Waals surface area (Å²) in [5.74, 6) is 0.166. The number of amides is 2. The fraction of sp³-hybridized carbons (Fsp3) is 0.467. The first-order valence-corrected chi connectivity index (χ1v) is 7.21. The lowest BCUT2D eigenvalue weighted by molar-refractivity contribution is -0.118. The Kier molecular flexibility index (Phi) is 5.16. The molecular formula is C15H21N3O3. The molecule has 0 saturated heterocycles. The number of benzene rings is 1. The van der Waals surface area contributed by atoms with Crippen LogP contribution in [0.3, 0.4) is 0 Å². The van der Waals surface area contributed by atoms with Crippen LogP contribution in [0.25, 0.3) is 0 Å². The number of nitrogens with one attached hydrogen (secondary N) is 2. The van der Waals surface area contributed by atoms with Gasteiger partial charge < -0.3 is 21.1 Å². The Morgan fingerprint density at radius 3 is 3.05 bits per heavy atom. The molecule has 1 unspecified atom stereocenters. The first-order valence-electron chi connectivity index (χ1n) is 7.21. The summed E-state index contributed by atoms with van der Waals surface area (Å²) in [4.78, 5) is 23.5. The van der Waals surface area contributed by atoms with Crippen LogP contribution in [-0.4, -0.2) is 31.0 Å². The number of fused-ring (bicyclic) bond motifs is 1. The van der Waals surface area contributed by atoms with Crippen molar-refractivity contribution in [3.05, 3.63) is 23.8 Å². The molecule has 21 heavy (non-hydrogen) atoms. The largest absolute Gasteiger partial charge is 0.482 e. The lowest BCUT2D eigenvalue weighted by atomic mass is 10.1. The van der Waals surface area contributed by atoms with Crippen molar-refractivity contribution in [2.24, 2.45) is 5.73 Å². The summed E-state index contributed by atoms with van der Waals surface area (Å²) < 4.78 is 5.26. The van der Waals surface area contributed by atoms with E-state index in [1.54, 1.807) is 18.2 Å². The SMILES string of the molecule is CCCCC(CN)NC(=O)c1ccc2c(c1)NC(=O)CO2. The number of carbonyl (C=O) groups is 2. The van der Waals surface area contributed by atoms with Crippen molar-refractivity contribution in [1.29, 1.82) is 0 Å². The van der Waals surface area contributed by atoms with Crippen molar-refractivity contribution in [3.63, 3.8) is 0 Å². The number of rotatable bonds is 6. The Morgan fingerprint density at radius 2 is 2.33 bits per heavy atom. The highest BCUT2D eigenvalue weighted by Gasteiger charge is 2.18. The maximum atomic E-state index is 12.2. The third kappa shape index (κ3) is 3.95. The summed E-state index contributed by atoms with van der Waals surface area (Å²) in [5.41, 5.74) is 6.68. The van der Waals surface area contributed by atoms with E-state index in [0.717, 1.165) is 19.3 Å². The van der Waals surface area contributed by atoms with Crippen LogP contribution in [0.15, 0.2) is 18.2 Å². The molecule has 2 amide bonds. The zero-order valence-corrected chi connectivity index (χ0v) is 12.1. The van der Waals surface area contributed by atoms with Gasteiger partial charge in [0.05, 0.1) is 5.69 Å². The zero-order valence-electron chi connectivity index (χ0n) is 12.1. The normalized spacial score (nSPS) is 14.7. The number of unbranched alkanes of at least 4 members (excludes halogenated alkanes) is 1. The van der Waals surface area contributed by atoms with Gasteiger partial charge >= 0.3 is 0 Å². The van der Waals surface area contributed by atoms with E-state index in [2.05, 4.69) is 17.6 Å². The molecule has 114 valence electrons. The molecule has 6 heteroatoms. The van der Waals surface area contributed by atoms with Gasteiger partial charge in [0.25, 0.3) is 11.8 Å². The summed E-state index contributed by atoms with van der Waals surface area (Å²) in [5, 5.41) is 5.61. The van der Waals surface area contributed by atoms with Crippen molar-refractivity contribution in [1.82, 2.24) is 5.32 Å². The second-order valence-corrected chi connectivity index (χ2v) is 5.10. The van der Waals surface area contributed by atoms with Crippen LogP contribution in [0.1, 0.15) is 36.5 Å². The van der Waals surface area contributed by atoms with E-state index in [1.807, 2.05) is 0 Å². The standard InChI is InChI=1S/C15H21N3O3/c1-2-3-4-11(8-16)17-15(20)10-5-6-13-12(7-10)18-14(19)9-21-13/h5-7,11H,2-4,8-9,16H2,1H3,(H,17,20)(H,18,19). The van der Waals surface area contributed by atoms with E-state index in [1.165, 1.54) is 0 Å². The van der Waals surface area contributed by atoms with Crippen LogP contribution < -0.4 is 21.1 Å². The van der Waals surface area contributed by atoms with Gasteiger partial charge in [-0.2, -0.15) is 0 Å². The smallest absolute Gasteiger partial charge is 0.262 e. The number of ether oxygens (including phenoxy) is 1. The van der Waals surface area contributed by atoms with E-state index < -0.39 is 0 Å². The van der Waals surface area contributed by atoms with Crippen molar-refractivity contribution < 1.29 is 14.3 Å². The van der Waals surface area contributed by atoms with Gasteiger partial charge in [-0.3, -0.25) is 9.59 Å². The molecule has 0 bridgehead atoms. The molecule has 6 nitrogen and oxygen atoms in total. The Morgan fingerprint density at radius 1 is 1.52 bits per heavy atom. The molecule has 0 fully saturated rings. The molecule has 0 aromatic heterocycles. The van der Waals surface area contributed by atoms with Crippen LogP contribution in [0.2, 0.25) is 0 Å².